The van der Waals surface area contributed by atoms with Gasteiger partial charge < -0.3 is 16.2 Å². The SMILES string of the molecule is NC(=O)CSCCC(=O)Nc1ccc(C(=O)O)c(Cl)c1. The molecule has 0 atom stereocenters. The molecule has 0 aromatic heterocycles. The van der Waals surface area contributed by atoms with Gasteiger partial charge in [0, 0.05) is 17.9 Å². The Hall–Kier alpha value is -1.73. The van der Waals surface area contributed by atoms with Gasteiger partial charge in [0.05, 0.1) is 16.3 Å². The van der Waals surface area contributed by atoms with Crippen molar-refractivity contribution in [3.8, 4) is 0 Å². The molecule has 0 aliphatic carbocycles. The van der Waals surface area contributed by atoms with Crippen LogP contribution in [0.4, 0.5) is 5.69 Å². The second-order valence-electron chi connectivity index (χ2n) is 3.82. The molecule has 0 saturated carbocycles. The molecule has 8 heteroatoms. The van der Waals surface area contributed by atoms with E-state index in [2.05, 4.69) is 5.32 Å². The lowest BCUT2D eigenvalue weighted by Crippen LogP contribution is -2.15. The Kier molecular flexibility index (Phi) is 6.33. The number of anilines is 1. The van der Waals surface area contributed by atoms with Gasteiger partial charge in [-0.1, -0.05) is 11.6 Å². The van der Waals surface area contributed by atoms with Crippen molar-refractivity contribution < 1.29 is 19.5 Å². The summed E-state index contributed by atoms with van der Waals surface area (Å²) < 4.78 is 0. The average Bonchev–Trinajstić information content (AvgIpc) is 2.34. The zero-order valence-electron chi connectivity index (χ0n) is 10.4. The summed E-state index contributed by atoms with van der Waals surface area (Å²) in [5.41, 5.74) is 5.36. The van der Waals surface area contributed by atoms with Crippen molar-refractivity contribution in [2.24, 2.45) is 5.73 Å². The molecule has 0 bridgehead atoms. The van der Waals surface area contributed by atoms with Crippen molar-refractivity contribution in [2.45, 2.75) is 6.42 Å². The Bertz CT molecular complexity index is 536. The Labute approximate surface area is 124 Å². The van der Waals surface area contributed by atoms with Gasteiger partial charge in [0.1, 0.15) is 0 Å². The fourth-order valence-corrected chi connectivity index (χ4v) is 2.26. The topological polar surface area (TPSA) is 109 Å². The summed E-state index contributed by atoms with van der Waals surface area (Å²) in [7, 11) is 0. The number of benzene rings is 1. The fourth-order valence-electron chi connectivity index (χ4n) is 1.33. The maximum Gasteiger partial charge on any atom is 0.337 e. The van der Waals surface area contributed by atoms with E-state index in [1.54, 1.807) is 0 Å². The van der Waals surface area contributed by atoms with E-state index in [1.807, 2.05) is 0 Å². The highest BCUT2D eigenvalue weighted by Gasteiger charge is 2.10. The first-order chi connectivity index (χ1) is 9.40. The number of rotatable bonds is 7. The van der Waals surface area contributed by atoms with Crippen molar-refractivity contribution in [1.29, 1.82) is 0 Å². The van der Waals surface area contributed by atoms with Gasteiger partial charge in [-0.15, -0.1) is 0 Å². The number of aromatic carboxylic acids is 1. The number of primary amides is 1. The van der Waals surface area contributed by atoms with Gasteiger partial charge in [0.2, 0.25) is 11.8 Å². The predicted molar refractivity (Wildman–Crippen MR) is 78.2 cm³/mol. The number of halogens is 1. The third-order valence-electron chi connectivity index (χ3n) is 2.20. The molecular formula is C12H13ClN2O4S. The summed E-state index contributed by atoms with van der Waals surface area (Å²) in [6.07, 6.45) is 0.218. The molecule has 0 saturated heterocycles. The monoisotopic (exact) mass is 316 g/mol. The molecule has 1 rings (SSSR count). The molecule has 4 N–H and O–H groups in total. The first-order valence-electron chi connectivity index (χ1n) is 5.59. The number of carbonyl (C=O) groups is 3. The van der Waals surface area contributed by atoms with Crippen molar-refractivity contribution in [1.82, 2.24) is 0 Å². The highest BCUT2D eigenvalue weighted by molar-refractivity contribution is 7.99. The molecule has 0 unspecified atom stereocenters. The number of hydrogen-bond acceptors (Lipinski definition) is 4. The molecule has 0 heterocycles. The van der Waals surface area contributed by atoms with E-state index in [0.29, 0.717) is 11.4 Å². The van der Waals surface area contributed by atoms with Crippen LogP contribution >= 0.6 is 23.4 Å². The zero-order valence-corrected chi connectivity index (χ0v) is 12.0. The summed E-state index contributed by atoms with van der Waals surface area (Å²) in [4.78, 5) is 32.9. The summed E-state index contributed by atoms with van der Waals surface area (Å²) >= 11 is 7.05. The van der Waals surface area contributed by atoms with Crippen LogP contribution in [-0.4, -0.2) is 34.4 Å². The largest absolute Gasteiger partial charge is 0.478 e. The van der Waals surface area contributed by atoms with Gasteiger partial charge in [-0.3, -0.25) is 9.59 Å². The number of carbonyl (C=O) groups excluding carboxylic acids is 2. The van der Waals surface area contributed by atoms with Gasteiger partial charge >= 0.3 is 5.97 Å². The number of carboxylic acids is 1. The van der Waals surface area contributed by atoms with Crippen LogP contribution in [0.1, 0.15) is 16.8 Å². The van der Waals surface area contributed by atoms with Gasteiger partial charge in [-0.25, -0.2) is 4.79 Å². The lowest BCUT2D eigenvalue weighted by Gasteiger charge is -2.06. The van der Waals surface area contributed by atoms with Crippen LogP contribution < -0.4 is 11.1 Å². The van der Waals surface area contributed by atoms with E-state index >= 15 is 0 Å². The van der Waals surface area contributed by atoms with Crippen LogP contribution in [0, 0.1) is 0 Å². The second kappa shape index (κ2) is 7.76. The Balaban J connectivity index is 2.48. The number of nitrogens with one attached hydrogen (secondary N) is 1. The van der Waals surface area contributed by atoms with Crippen molar-refractivity contribution in [3.05, 3.63) is 28.8 Å². The maximum absolute atomic E-state index is 11.6. The molecule has 1 aromatic carbocycles. The quantitative estimate of drug-likeness (QED) is 0.662. The molecule has 0 aliphatic rings. The normalized spacial score (nSPS) is 10.1. The Morgan fingerprint density at radius 2 is 2.05 bits per heavy atom. The van der Waals surface area contributed by atoms with Gasteiger partial charge in [-0.05, 0) is 18.2 Å². The van der Waals surface area contributed by atoms with Crippen LogP contribution in [0.25, 0.3) is 0 Å². The molecule has 108 valence electrons. The van der Waals surface area contributed by atoms with Crippen molar-refractivity contribution in [3.63, 3.8) is 0 Å². The number of carboxylic acid groups (broad SMARTS) is 1. The lowest BCUT2D eigenvalue weighted by atomic mass is 10.2. The van der Waals surface area contributed by atoms with Gasteiger partial charge in [0.15, 0.2) is 0 Å². The first kappa shape index (κ1) is 16.3. The average molecular weight is 317 g/mol. The van der Waals surface area contributed by atoms with Crippen LogP contribution in [0.15, 0.2) is 18.2 Å². The van der Waals surface area contributed by atoms with E-state index < -0.39 is 11.9 Å². The maximum atomic E-state index is 11.6. The van der Waals surface area contributed by atoms with E-state index in [-0.39, 0.29) is 28.7 Å². The predicted octanol–water partition coefficient (Wildman–Crippen LogP) is 1.59. The minimum Gasteiger partial charge on any atom is -0.478 e. The summed E-state index contributed by atoms with van der Waals surface area (Å²) in [5, 5.41) is 11.5. The third-order valence-corrected chi connectivity index (χ3v) is 3.50. The van der Waals surface area contributed by atoms with E-state index in [4.69, 9.17) is 22.4 Å². The number of thioether (sulfide) groups is 1. The van der Waals surface area contributed by atoms with Crippen LogP contribution in [0.2, 0.25) is 5.02 Å². The van der Waals surface area contributed by atoms with Crippen LogP contribution in [0.3, 0.4) is 0 Å². The van der Waals surface area contributed by atoms with E-state index in [9.17, 15) is 14.4 Å². The van der Waals surface area contributed by atoms with Crippen molar-refractivity contribution >= 4 is 46.8 Å². The zero-order chi connectivity index (χ0) is 15.1. The Morgan fingerprint density at radius 1 is 1.35 bits per heavy atom. The van der Waals surface area contributed by atoms with Gasteiger partial charge in [-0.2, -0.15) is 11.8 Å². The highest BCUT2D eigenvalue weighted by Crippen LogP contribution is 2.21. The fraction of sp³-hybridized carbons (Fsp3) is 0.250. The number of nitrogens with two attached hydrogens (primary N) is 1. The van der Waals surface area contributed by atoms with Crippen molar-refractivity contribution in [2.75, 3.05) is 16.8 Å². The molecule has 0 spiro atoms. The molecule has 0 fully saturated rings. The minimum absolute atomic E-state index is 0.0262. The third kappa shape index (κ3) is 5.50. The minimum atomic E-state index is -1.13. The Morgan fingerprint density at radius 3 is 2.60 bits per heavy atom. The summed E-state index contributed by atoms with van der Waals surface area (Å²) in [6, 6.07) is 4.16. The molecule has 0 radical (unpaired) electrons. The summed E-state index contributed by atoms with van der Waals surface area (Å²) in [5.74, 6) is -1.16. The number of amides is 2. The molecule has 2 amide bonds. The van der Waals surface area contributed by atoms with E-state index in [1.165, 1.54) is 30.0 Å². The smallest absolute Gasteiger partial charge is 0.337 e. The molecule has 0 aliphatic heterocycles. The second-order valence-corrected chi connectivity index (χ2v) is 5.33. The molecule has 20 heavy (non-hydrogen) atoms. The standard InChI is InChI=1S/C12H13ClN2O4S/c13-9-5-7(1-2-8(9)12(18)19)15-11(17)3-4-20-6-10(14)16/h1-2,5H,3-4,6H2,(H2,14,16)(H,15,17)(H,18,19). The van der Waals surface area contributed by atoms with E-state index in [0.717, 1.165) is 0 Å². The lowest BCUT2D eigenvalue weighted by molar-refractivity contribution is -0.116. The highest BCUT2D eigenvalue weighted by atomic mass is 35.5. The molecule has 1 aromatic rings. The van der Waals surface area contributed by atoms with Crippen LogP contribution in [-0.2, 0) is 9.59 Å². The molecular weight excluding hydrogens is 304 g/mol. The number of hydrogen-bond donors (Lipinski definition) is 3. The first-order valence-corrected chi connectivity index (χ1v) is 7.12. The van der Waals surface area contributed by atoms with Crippen LogP contribution in [0.5, 0.6) is 0 Å². The molecule has 6 nitrogen and oxygen atoms in total. The summed E-state index contributed by atoms with van der Waals surface area (Å²) in [6.45, 7) is 0. The van der Waals surface area contributed by atoms with Gasteiger partial charge in [0.25, 0.3) is 0 Å².